The van der Waals surface area contributed by atoms with Gasteiger partial charge in [0, 0.05) is 12.7 Å². The molecule has 98 valence electrons. The van der Waals surface area contributed by atoms with E-state index in [0.29, 0.717) is 17.3 Å². The quantitative estimate of drug-likeness (QED) is 0.859. The fraction of sp³-hybridized carbons (Fsp3) is 0.571. The summed E-state index contributed by atoms with van der Waals surface area (Å²) in [6.45, 7) is 2.63. The minimum atomic E-state index is -0.910. The third kappa shape index (κ3) is 3.00. The van der Waals surface area contributed by atoms with E-state index in [9.17, 15) is 9.90 Å². The van der Waals surface area contributed by atoms with Gasteiger partial charge >= 0.3 is 5.97 Å². The molecule has 0 unspecified atom stereocenters. The second kappa shape index (κ2) is 5.85. The summed E-state index contributed by atoms with van der Waals surface area (Å²) in [6.07, 6.45) is 8.05. The van der Waals surface area contributed by atoms with Crippen LogP contribution in [0.5, 0.6) is 0 Å². The molecule has 2 rings (SSSR count). The molecule has 0 aliphatic heterocycles. The first kappa shape index (κ1) is 12.9. The summed E-state index contributed by atoms with van der Waals surface area (Å²) in [5.41, 5.74) is 1.05. The first-order valence-corrected chi connectivity index (χ1v) is 6.61. The summed E-state index contributed by atoms with van der Waals surface area (Å²) in [5, 5.41) is 12.4. The second-order valence-corrected chi connectivity index (χ2v) is 5.04. The molecule has 0 aromatic carbocycles. The number of aromatic nitrogens is 1. The molecule has 1 aliphatic carbocycles. The Morgan fingerprint density at radius 1 is 1.44 bits per heavy atom. The van der Waals surface area contributed by atoms with Crippen LogP contribution >= 0.6 is 0 Å². The number of pyridine rings is 1. The zero-order valence-electron chi connectivity index (χ0n) is 10.8. The molecular formula is C14H20N2O2. The Hall–Kier alpha value is -1.58. The maximum absolute atomic E-state index is 11.2. The lowest BCUT2D eigenvalue weighted by Gasteiger charge is -2.22. The summed E-state index contributed by atoms with van der Waals surface area (Å²) < 4.78 is 0. The second-order valence-electron chi connectivity index (χ2n) is 5.04. The Kier molecular flexibility index (Phi) is 4.18. The first-order valence-electron chi connectivity index (χ1n) is 6.61. The van der Waals surface area contributed by atoms with Gasteiger partial charge in [-0.1, -0.05) is 19.3 Å². The molecule has 1 aromatic rings. The van der Waals surface area contributed by atoms with Crippen LogP contribution in [0.25, 0.3) is 0 Å². The van der Waals surface area contributed by atoms with Gasteiger partial charge in [-0.15, -0.1) is 0 Å². The largest absolute Gasteiger partial charge is 0.478 e. The molecule has 0 atom stereocenters. The van der Waals surface area contributed by atoms with Crippen molar-refractivity contribution in [2.24, 2.45) is 5.92 Å². The van der Waals surface area contributed by atoms with Gasteiger partial charge in [0.15, 0.2) is 0 Å². The molecule has 18 heavy (non-hydrogen) atoms. The van der Waals surface area contributed by atoms with E-state index in [1.165, 1.54) is 32.1 Å². The fourth-order valence-corrected chi connectivity index (χ4v) is 2.59. The van der Waals surface area contributed by atoms with Gasteiger partial charge < -0.3 is 10.4 Å². The van der Waals surface area contributed by atoms with Gasteiger partial charge in [0.05, 0.1) is 0 Å². The van der Waals surface area contributed by atoms with Crippen LogP contribution in [0.3, 0.4) is 0 Å². The lowest BCUT2D eigenvalue weighted by atomic mass is 9.89. The molecular weight excluding hydrogens is 228 g/mol. The number of carboxylic acid groups (broad SMARTS) is 1. The standard InChI is InChI=1S/C14H20N2O2/c1-10-7-8-15-13(12(10)14(17)18)16-9-11-5-3-2-4-6-11/h7-8,11H,2-6,9H2,1H3,(H,15,16)(H,17,18). The maximum Gasteiger partial charge on any atom is 0.339 e. The Morgan fingerprint density at radius 3 is 2.83 bits per heavy atom. The molecule has 4 nitrogen and oxygen atoms in total. The van der Waals surface area contributed by atoms with Crippen molar-refractivity contribution in [2.75, 3.05) is 11.9 Å². The molecule has 1 saturated carbocycles. The Balaban J connectivity index is 2.04. The Bertz CT molecular complexity index is 426. The highest BCUT2D eigenvalue weighted by Crippen LogP contribution is 2.24. The normalized spacial score (nSPS) is 16.5. The van der Waals surface area contributed by atoms with Crippen LogP contribution in [0.4, 0.5) is 5.82 Å². The van der Waals surface area contributed by atoms with Crippen molar-refractivity contribution in [2.45, 2.75) is 39.0 Å². The van der Waals surface area contributed by atoms with Crippen molar-refractivity contribution in [1.29, 1.82) is 0 Å². The molecule has 0 amide bonds. The van der Waals surface area contributed by atoms with Crippen molar-refractivity contribution in [3.8, 4) is 0 Å². The number of aryl methyl sites for hydroxylation is 1. The van der Waals surface area contributed by atoms with Crippen molar-refractivity contribution >= 4 is 11.8 Å². The Labute approximate surface area is 107 Å². The molecule has 0 saturated heterocycles. The fourth-order valence-electron chi connectivity index (χ4n) is 2.59. The minimum Gasteiger partial charge on any atom is -0.478 e. The molecule has 1 heterocycles. The number of rotatable bonds is 4. The summed E-state index contributed by atoms with van der Waals surface area (Å²) in [4.78, 5) is 15.4. The highest BCUT2D eigenvalue weighted by molar-refractivity contribution is 5.94. The van der Waals surface area contributed by atoms with Gasteiger partial charge in [0.2, 0.25) is 0 Å². The molecule has 1 fully saturated rings. The van der Waals surface area contributed by atoms with Crippen molar-refractivity contribution in [3.63, 3.8) is 0 Å². The lowest BCUT2D eigenvalue weighted by Crippen LogP contribution is -2.19. The van der Waals surface area contributed by atoms with E-state index in [4.69, 9.17) is 0 Å². The van der Waals surface area contributed by atoms with Gasteiger partial charge in [-0.2, -0.15) is 0 Å². The molecule has 1 aliphatic rings. The molecule has 4 heteroatoms. The first-order chi connectivity index (χ1) is 8.68. The molecule has 0 radical (unpaired) electrons. The summed E-state index contributed by atoms with van der Waals surface area (Å²) in [5.74, 6) is 0.252. The van der Waals surface area contributed by atoms with Gasteiger partial charge in [-0.3, -0.25) is 0 Å². The number of nitrogens with one attached hydrogen (secondary N) is 1. The molecule has 0 bridgehead atoms. The van der Waals surface area contributed by atoms with Gasteiger partial charge in [0.25, 0.3) is 0 Å². The zero-order chi connectivity index (χ0) is 13.0. The van der Waals surface area contributed by atoms with Crippen LogP contribution in [-0.4, -0.2) is 22.6 Å². The number of nitrogens with zero attached hydrogens (tertiary/aromatic N) is 1. The third-order valence-corrected chi connectivity index (χ3v) is 3.66. The van der Waals surface area contributed by atoms with E-state index >= 15 is 0 Å². The van der Waals surface area contributed by atoms with E-state index in [-0.39, 0.29) is 0 Å². The predicted molar refractivity (Wildman–Crippen MR) is 71.0 cm³/mol. The number of carboxylic acids is 1. The highest BCUT2D eigenvalue weighted by atomic mass is 16.4. The average molecular weight is 248 g/mol. The molecule has 1 aromatic heterocycles. The summed E-state index contributed by atoms with van der Waals surface area (Å²) in [6, 6.07) is 1.73. The van der Waals surface area contributed by atoms with E-state index in [0.717, 1.165) is 12.1 Å². The minimum absolute atomic E-state index is 0.299. The van der Waals surface area contributed by atoms with Gasteiger partial charge in [0.1, 0.15) is 11.4 Å². The van der Waals surface area contributed by atoms with Crippen LogP contribution in [0.15, 0.2) is 12.3 Å². The SMILES string of the molecule is Cc1ccnc(NCC2CCCCC2)c1C(=O)O. The number of carbonyl (C=O) groups is 1. The third-order valence-electron chi connectivity index (χ3n) is 3.66. The van der Waals surface area contributed by atoms with Crippen LogP contribution in [0, 0.1) is 12.8 Å². The predicted octanol–water partition coefficient (Wildman–Crippen LogP) is 3.08. The molecule has 0 spiro atoms. The number of aromatic carboxylic acids is 1. The van der Waals surface area contributed by atoms with E-state index in [1.807, 2.05) is 0 Å². The van der Waals surface area contributed by atoms with Crippen LogP contribution < -0.4 is 5.32 Å². The monoisotopic (exact) mass is 248 g/mol. The summed E-state index contributed by atoms with van der Waals surface area (Å²) in [7, 11) is 0. The van der Waals surface area contributed by atoms with Crippen LogP contribution in [0.1, 0.15) is 48.0 Å². The van der Waals surface area contributed by atoms with E-state index < -0.39 is 5.97 Å². The van der Waals surface area contributed by atoms with Crippen molar-refractivity contribution in [3.05, 3.63) is 23.4 Å². The van der Waals surface area contributed by atoms with Crippen molar-refractivity contribution in [1.82, 2.24) is 4.98 Å². The smallest absolute Gasteiger partial charge is 0.339 e. The summed E-state index contributed by atoms with van der Waals surface area (Å²) >= 11 is 0. The van der Waals surface area contributed by atoms with Crippen LogP contribution in [0.2, 0.25) is 0 Å². The lowest BCUT2D eigenvalue weighted by molar-refractivity contribution is 0.0696. The average Bonchev–Trinajstić information content (AvgIpc) is 2.37. The Morgan fingerprint density at radius 2 is 2.17 bits per heavy atom. The van der Waals surface area contributed by atoms with E-state index in [1.54, 1.807) is 19.2 Å². The number of hydrogen-bond donors (Lipinski definition) is 2. The van der Waals surface area contributed by atoms with Gasteiger partial charge in [-0.25, -0.2) is 9.78 Å². The van der Waals surface area contributed by atoms with Crippen LogP contribution in [-0.2, 0) is 0 Å². The van der Waals surface area contributed by atoms with Gasteiger partial charge in [-0.05, 0) is 37.3 Å². The number of hydrogen-bond acceptors (Lipinski definition) is 3. The zero-order valence-corrected chi connectivity index (χ0v) is 10.8. The van der Waals surface area contributed by atoms with Crippen molar-refractivity contribution < 1.29 is 9.90 Å². The number of anilines is 1. The van der Waals surface area contributed by atoms with E-state index in [2.05, 4.69) is 10.3 Å². The topological polar surface area (TPSA) is 62.2 Å². The molecule has 2 N–H and O–H groups in total. The highest BCUT2D eigenvalue weighted by Gasteiger charge is 2.17. The maximum atomic E-state index is 11.2.